The highest BCUT2D eigenvalue weighted by molar-refractivity contribution is 6.28. The molecule has 25 heavy (non-hydrogen) atoms. The van der Waals surface area contributed by atoms with E-state index < -0.39 is 5.60 Å². The monoisotopic (exact) mass is 335 g/mol. The van der Waals surface area contributed by atoms with Gasteiger partial charge in [0.25, 0.3) is 0 Å². The molecule has 3 heterocycles. The molecule has 0 spiro atoms. The highest BCUT2D eigenvalue weighted by Gasteiger charge is 2.52. The molecule has 1 N–H and O–H groups in total. The number of ketones is 1. The van der Waals surface area contributed by atoms with Gasteiger partial charge in [0.15, 0.2) is 5.60 Å². The van der Waals surface area contributed by atoms with Crippen LogP contribution in [0.4, 0.5) is 11.4 Å². The molecule has 0 saturated carbocycles. The van der Waals surface area contributed by atoms with Crippen LogP contribution in [-0.4, -0.2) is 33.9 Å². The summed E-state index contributed by atoms with van der Waals surface area (Å²) >= 11 is 0. The standard InChI is InChI=1S/C20H21N3O2/c1-4-14-11-15(5-7-21-14)23-8-6-20(25)18(24)16-9-12(2)13(3)10-17(16)22-19(20)23/h5,7,9-11,25H,4,6,8H2,1-3H3. The zero-order valence-corrected chi connectivity index (χ0v) is 14.7. The van der Waals surface area contributed by atoms with E-state index in [4.69, 9.17) is 4.99 Å². The molecule has 2 aliphatic rings. The number of hydrogen-bond acceptors (Lipinski definition) is 5. The summed E-state index contributed by atoms with van der Waals surface area (Å²) < 4.78 is 0. The van der Waals surface area contributed by atoms with E-state index in [1.807, 2.05) is 43.0 Å². The Hall–Kier alpha value is -2.53. The lowest BCUT2D eigenvalue weighted by molar-refractivity contribution is 0.0602. The summed E-state index contributed by atoms with van der Waals surface area (Å²) in [4.78, 5) is 24.0. The van der Waals surface area contributed by atoms with Crippen molar-refractivity contribution in [2.24, 2.45) is 4.99 Å². The zero-order valence-electron chi connectivity index (χ0n) is 14.7. The number of nitrogens with zero attached hydrogens (tertiary/aromatic N) is 3. The van der Waals surface area contributed by atoms with Crippen LogP contribution in [-0.2, 0) is 6.42 Å². The van der Waals surface area contributed by atoms with E-state index in [1.165, 1.54) is 0 Å². The maximum Gasteiger partial charge on any atom is 0.204 e. The van der Waals surface area contributed by atoms with Gasteiger partial charge in [-0.1, -0.05) is 6.92 Å². The predicted octanol–water partition coefficient (Wildman–Crippen LogP) is 3.13. The van der Waals surface area contributed by atoms with E-state index >= 15 is 0 Å². The fourth-order valence-corrected chi connectivity index (χ4v) is 3.57. The van der Waals surface area contributed by atoms with E-state index in [1.54, 1.807) is 6.20 Å². The molecule has 5 heteroatoms. The predicted molar refractivity (Wildman–Crippen MR) is 97.9 cm³/mol. The Kier molecular flexibility index (Phi) is 3.51. The largest absolute Gasteiger partial charge is 0.374 e. The number of fused-ring (bicyclic) bond motifs is 2. The highest BCUT2D eigenvalue weighted by Crippen LogP contribution is 2.40. The van der Waals surface area contributed by atoms with Gasteiger partial charge in [-0.05, 0) is 55.7 Å². The minimum Gasteiger partial charge on any atom is -0.374 e. The van der Waals surface area contributed by atoms with E-state index in [-0.39, 0.29) is 5.78 Å². The number of anilines is 1. The number of aliphatic imine (C=N–C) groups is 1. The van der Waals surface area contributed by atoms with Crippen molar-refractivity contribution in [2.45, 2.75) is 39.2 Å². The second kappa shape index (κ2) is 5.49. The molecule has 1 saturated heterocycles. The molecular weight excluding hydrogens is 314 g/mol. The molecule has 128 valence electrons. The lowest BCUT2D eigenvalue weighted by Crippen LogP contribution is -2.48. The van der Waals surface area contributed by atoms with Crippen molar-refractivity contribution in [3.63, 3.8) is 0 Å². The lowest BCUT2D eigenvalue weighted by atomic mass is 9.86. The van der Waals surface area contributed by atoms with Crippen LogP contribution in [0.25, 0.3) is 0 Å². The topological polar surface area (TPSA) is 65.8 Å². The first-order valence-corrected chi connectivity index (χ1v) is 8.64. The number of carbonyl (C=O) groups excluding carboxylic acids is 1. The van der Waals surface area contributed by atoms with Crippen molar-refractivity contribution in [3.8, 4) is 0 Å². The van der Waals surface area contributed by atoms with Gasteiger partial charge in [-0.2, -0.15) is 0 Å². The van der Waals surface area contributed by atoms with Crippen LogP contribution in [0, 0.1) is 13.8 Å². The molecule has 5 nitrogen and oxygen atoms in total. The molecule has 4 rings (SSSR count). The molecule has 0 radical (unpaired) electrons. The number of benzene rings is 1. The quantitative estimate of drug-likeness (QED) is 0.916. The number of amidine groups is 1. The smallest absolute Gasteiger partial charge is 0.204 e. The molecule has 1 aromatic carbocycles. The fourth-order valence-electron chi connectivity index (χ4n) is 3.57. The molecule has 1 fully saturated rings. The molecule has 1 atom stereocenters. The fraction of sp³-hybridized carbons (Fsp3) is 0.350. The molecule has 1 aromatic heterocycles. The number of rotatable bonds is 2. The number of Topliss-reactive ketones (excluding diaryl/α,β-unsaturated/α-hetero) is 1. The van der Waals surface area contributed by atoms with Gasteiger partial charge < -0.3 is 10.0 Å². The van der Waals surface area contributed by atoms with Gasteiger partial charge in [0.05, 0.1) is 5.69 Å². The Labute approximate surface area is 147 Å². The molecule has 0 bridgehead atoms. The Morgan fingerprint density at radius 3 is 2.76 bits per heavy atom. The van der Waals surface area contributed by atoms with Crippen LogP contribution in [0.1, 0.15) is 40.5 Å². The van der Waals surface area contributed by atoms with Crippen molar-refractivity contribution in [3.05, 3.63) is 52.8 Å². The molecule has 2 aliphatic heterocycles. The SMILES string of the molecule is CCc1cc(N2CCC3(O)C(=O)c4cc(C)c(C)cc4N=C23)ccn1. The maximum absolute atomic E-state index is 13.0. The number of aromatic nitrogens is 1. The third-order valence-corrected chi connectivity index (χ3v) is 5.26. The van der Waals surface area contributed by atoms with Gasteiger partial charge in [0.2, 0.25) is 5.78 Å². The molecule has 1 unspecified atom stereocenters. The Morgan fingerprint density at radius 1 is 1.24 bits per heavy atom. The van der Waals surface area contributed by atoms with E-state index in [0.29, 0.717) is 30.1 Å². The normalized spacial score (nSPS) is 21.8. The van der Waals surface area contributed by atoms with Crippen LogP contribution in [0.3, 0.4) is 0 Å². The number of hydrogen-bond donors (Lipinski definition) is 1. The van der Waals surface area contributed by atoms with Gasteiger partial charge in [-0.25, -0.2) is 4.99 Å². The lowest BCUT2D eigenvalue weighted by Gasteiger charge is -2.30. The van der Waals surface area contributed by atoms with Crippen LogP contribution < -0.4 is 4.90 Å². The summed E-state index contributed by atoms with van der Waals surface area (Å²) in [6.45, 7) is 6.58. The third kappa shape index (κ3) is 2.30. The Bertz CT molecular complexity index is 919. The average Bonchev–Trinajstić information content (AvgIpc) is 2.95. The van der Waals surface area contributed by atoms with Gasteiger partial charge in [0.1, 0.15) is 5.84 Å². The van der Waals surface area contributed by atoms with E-state index in [0.717, 1.165) is 28.9 Å². The van der Waals surface area contributed by atoms with Gasteiger partial charge >= 0.3 is 0 Å². The minimum absolute atomic E-state index is 0.247. The molecular formula is C20H21N3O2. The van der Waals surface area contributed by atoms with E-state index in [2.05, 4.69) is 11.9 Å². The Balaban J connectivity index is 1.86. The van der Waals surface area contributed by atoms with Gasteiger partial charge in [-0.3, -0.25) is 9.78 Å². The zero-order chi connectivity index (χ0) is 17.8. The summed E-state index contributed by atoms with van der Waals surface area (Å²) in [5.74, 6) is 0.185. The molecule has 2 aromatic rings. The van der Waals surface area contributed by atoms with Crippen LogP contribution in [0.5, 0.6) is 0 Å². The number of aliphatic hydroxyl groups is 1. The second-order valence-corrected chi connectivity index (χ2v) is 6.84. The summed E-state index contributed by atoms with van der Waals surface area (Å²) in [5, 5.41) is 11.1. The van der Waals surface area contributed by atoms with Crippen molar-refractivity contribution in [1.82, 2.24) is 4.98 Å². The average molecular weight is 335 g/mol. The van der Waals surface area contributed by atoms with Crippen LogP contribution in [0.2, 0.25) is 0 Å². The van der Waals surface area contributed by atoms with Crippen LogP contribution >= 0.6 is 0 Å². The first kappa shape index (κ1) is 16.0. The first-order valence-electron chi connectivity index (χ1n) is 8.64. The van der Waals surface area contributed by atoms with E-state index in [9.17, 15) is 9.90 Å². The molecule has 0 aliphatic carbocycles. The number of carbonyl (C=O) groups is 1. The second-order valence-electron chi connectivity index (χ2n) is 6.84. The number of pyridine rings is 1. The first-order chi connectivity index (χ1) is 11.9. The van der Waals surface area contributed by atoms with Gasteiger partial charge in [0, 0.05) is 36.1 Å². The maximum atomic E-state index is 13.0. The molecule has 0 amide bonds. The highest BCUT2D eigenvalue weighted by atomic mass is 16.3. The summed E-state index contributed by atoms with van der Waals surface area (Å²) in [6, 6.07) is 7.66. The third-order valence-electron chi connectivity index (χ3n) is 5.26. The van der Waals surface area contributed by atoms with Gasteiger partial charge in [-0.15, -0.1) is 0 Å². The van der Waals surface area contributed by atoms with Crippen LogP contribution in [0.15, 0.2) is 35.5 Å². The minimum atomic E-state index is -1.54. The van der Waals surface area contributed by atoms with Crippen molar-refractivity contribution < 1.29 is 9.90 Å². The van der Waals surface area contributed by atoms with Crippen molar-refractivity contribution in [1.29, 1.82) is 0 Å². The summed E-state index contributed by atoms with van der Waals surface area (Å²) in [7, 11) is 0. The number of aryl methyl sites for hydroxylation is 3. The summed E-state index contributed by atoms with van der Waals surface area (Å²) in [5.41, 5.74) is 3.63. The van der Waals surface area contributed by atoms with Crippen molar-refractivity contribution in [2.75, 3.05) is 11.4 Å². The summed E-state index contributed by atoms with van der Waals surface area (Å²) in [6.07, 6.45) is 2.94. The van der Waals surface area contributed by atoms with Crippen molar-refractivity contribution >= 4 is 23.0 Å². The Morgan fingerprint density at radius 2 is 2.00 bits per heavy atom.